The maximum Gasteiger partial charge on any atom is 0.144 e. The molecule has 1 aromatic rings. The number of anilines is 1. The van der Waals surface area contributed by atoms with Gasteiger partial charge in [-0.1, -0.05) is 15.9 Å². The lowest BCUT2D eigenvalue weighted by atomic mass is 10.1. The fourth-order valence-corrected chi connectivity index (χ4v) is 2.57. The highest BCUT2D eigenvalue weighted by Gasteiger charge is 2.23. The van der Waals surface area contributed by atoms with E-state index in [2.05, 4.69) is 15.9 Å². The van der Waals surface area contributed by atoms with Gasteiger partial charge in [0, 0.05) is 17.6 Å². The van der Waals surface area contributed by atoms with E-state index in [1.54, 1.807) is 0 Å². The predicted molar refractivity (Wildman–Crippen MR) is 71.9 cm³/mol. The Morgan fingerprint density at radius 1 is 1.50 bits per heavy atom. The van der Waals surface area contributed by atoms with Crippen molar-refractivity contribution in [1.82, 2.24) is 0 Å². The summed E-state index contributed by atoms with van der Waals surface area (Å²) < 4.78 is 18.8. The molecule has 1 atom stereocenters. The highest BCUT2D eigenvalue weighted by molar-refractivity contribution is 9.09. The molecular weight excluding hydrogens is 301 g/mol. The minimum Gasteiger partial charge on any atom is -0.377 e. The molecule has 3 nitrogen and oxygen atoms in total. The Morgan fingerprint density at radius 3 is 3.06 bits per heavy atom. The second kappa shape index (κ2) is 6.29. The first kappa shape index (κ1) is 13.5. The third-order valence-corrected chi connectivity index (χ3v) is 3.38. The Bertz CT molecular complexity index is 427. The first-order chi connectivity index (χ1) is 8.74. The summed E-state index contributed by atoms with van der Waals surface area (Å²) in [4.78, 5) is 12.9. The van der Waals surface area contributed by atoms with Crippen LogP contribution in [0.25, 0.3) is 0 Å². The van der Waals surface area contributed by atoms with Crippen molar-refractivity contribution in [3.05, 3.63) is 29.6 Å². The number of aryl methyl sites for hydroxylation is 1. The van der Waals surface area contributed by atoms with E-state index in [-0.39, 0.29) is 11.9 Å². The third-order valence-electron chi connectivity index (χ3n) is 2.98. The molecule has 1 heterocycles. The smallest absolute Gasteiger partial charge is 0.144 e. The fourth-order valence-electron chi connectivity index (χ4n) is 2.11. The molecule has 0 amide bonds. The van der Waals surface area contributed by atoms with E-state index in [1.807, 2.05) is 11.0 Å². The van der Waals surface area contributed by atoms with Crippen LogP contribution >= 0.6 is 15.9 Å². The maximum atomic E-state index is 13.6. The molecule has 0 saturated carbocycles. The molecule has 18 heavy (non-hydrogen) atoms. The Hall–Kier alpha value is -0.940. The lowest BCUT2D eigenvalue weighted by Gasteiger charge is -2.34. The monoisotopic (exact) mass is 315 g/mol. The van der Waals surface area contributed by atoms with Crippen molar-refractivity contribution in [3.63, 3.8) is 0 Å². The quantitative estimate of drug-likeness (QED) is 0.630. The van der Waals surface area contributed by atoms with Crippen LogP contribution < -0.4 is 4.90 Å². The van der Waals surface area contributed by atoms with Gasteiger partial charge in [-0.25, -0.2) is 4.39 Å². The number of morpholine rings is 1. The van der Waals surface area contributed by atoms with Crippen molar-refractivity contribution in [2.75, 3.05) is 30.0 Å². The van der Waals surface area contributed by atoms with Gasteiger partial charge in [-0.15, -0.1) is 0 Å². The number of rotatable bonds is 4. The van der Waals surface area contributed by atoms with Gasteiger partial charge in [0.1, 0.15) is 18.1 Å². The van der Waals surface area contributed by atoms with E-state index >= 15 is 0 Å². The maximum absolute atomic E-state index is 13.6. The molecule has 0 radical (unpaired) electrons. The molecule has 2 rings (SSSR count). The zero-order valence-corrected chi connectivity index (χ0v) is 11.5. The summed E-state index contributed by atoms with van der Waals surface area (Å²) in [5.74, 6) is -0.264. The van der Waals surface area contributed by atoms with E-state index in [4.69, 9.17) is 4.74 Å². The fraction of sp³-hybridized carbons (Fsp3) is 0.462. The summed E-state index contributed by atoms with van der Waals surface area (Å²) in [5, 5.41) is 0.788. The van der Waals surface area contributed by atoms with Gasteiger partial charge in [-0.05, 0) is 30.2 Å². The van der Waals surface area contributed by atoms with Crippen molar-refractivity contribution in [2.45, 2.75) is 12.5 Å². The molecule has 1 aliphatic heterocycles. The SMILES string of the molecule is O=CC1COCCN1c1cc(F)cc(CCBr)c1. The van der Waals surface area contributed by atoms with E-state index in [9.17, 15) is 9.18 Å². The Morgan fingerprint density at radius 2 is 2.33 bits per heavy atom. The van der Waals surface area contributed by atoms with E-state index in [0.29, 0.717) is 19.8 Å². The normalized spacial score (nSPS) is 19.9. The van der Waals surface area contributed by atoms with Gasteiger partial charge in [-0.3, -0.25) is 0 Å². The largest absolute Gasteiger partial charge is 0.377 e. The number of halogens is 2. The second-order valence-electron chi connectivity index (χ2n) is 4.23. The van der Waals surface area contributed by atoms with Gasteiger partial charge in [0.2, 0.25) is 0 Å². The first-order valence-electron chi connectivity index (χ1n) is 5.89. The van der Waals surface area contributed by atoms with E-state index < -0.39 is 0 Å². The molecule has 98 valence electrons. The van der Waals surface area contributed by atoms with Crippen molar-refractivity contribution in [3.8, 4) is 0 Å². The predicted octanol–water partition coefficient (Wildman–Crippen LogP) is 2.17. The van der Waals surface area contributed by atoms with Crippen LogP contribution in [0.2, 0.25) is 0 Å². The van der Waals surface area contributed by atoms with Crippen LogP contribution in [0.1, 0.15) is 5.56 Å². The summed E-state index contributed by atoms with van der Waals surface area (Å²) in [7, 11) is 0. The van der Waals surface area contributed by atoms with Crippen molar-refractivity contribution in [2.24, 2.45) is 0 Å². The molecule has 5 heteroatoms. The minimum absolute atomic E-state index is 0.264. The topological polar surface area (TPSA) is 29.5 Å². The molecule has 1 unspecified atom stereocenters. The van der Waals surface area contributed by atoms with E-state index in [0.717, 1.165) is 29.3 Å². The average molecular weight is 316 g/mol. The Kier molecular flexibility index (Phi) is 4.72. The zero-order chi connectivity index (χ0) is 13.0. The van der Waals surface area contributed by atoms with Crippen LogP contribution in [0.15, 0.2) is 18.2 Å². The van der Waals surface area contributed by atoms with E-state index in [1.165, 1.54) is 12.1 Å². The molecule has 1 saturated heterocycles. The molecular formula is C13H15BrFNO2. The summed E-state index contributed by atoms with van der Waals surface area (Å²) in [5.41, 5.74) is 1.68. The number of benzene rings is 1. The number of nitrogens with zero attached hydrogens (tertiary/aromatic N) is 1. The van der Waals surface area contributed by atoms with Crippen LogP contribution in [0.3, 0.4) is 0 Å². The van der Waals surface area contributed by atoms with Crippen LogP contribution in [0.4, 0.5) is 10.1 Å². The molecule has 1 aromatic carbocycles. The van der Waals surface area contributed by atoms with Crippen molar-refractivity contribution < 1.29 is 13.9 Å². The highest BCUT2D eigenvalue weighted by Crippen LogP contribution is 2.22. The number of aldehydes is 1. The molecule has 0 bridgehead atoms. The number of alkyl halides is 1. The summed E-state index contributed by atoms with van der Waals surface area (Å²) in [6.07, 6.45) is 1.62. The first-order valence-corrected chi connectivity index (χ1v) is 7.02. The lowest BCUT2D eigenvalue weighted by molar-refractivity contribution is -0.111. The number of ether oxygens (including phenoxy) is 1. The summed E-state index contributed by atoms with van der Waals surface area (Å²) >= 11 is 3.34. The number of hydrogen-bond donors (Lipinski definition) is 0. The van der Waals surface area contributed by atoms with Crippen molar-refractivity contribution >= 4 is 27.9 Å². The van der Waals surface area contributed by atoms with Gasteiger partial charge < -0.3 is 14.4 Å². The molecule has 1 aliphatic rings. The van der Waals surface area contributed by atoms with Crippen LogP contribution in [-0.4, -0.2) is 37.4 Å². The van der Waals surface area contributed by atoms with Gasteiger partial charge >= 0.3 is 0 Å². The van der Waals surface area contributed by atoms with Crippen LogP contribution in [-0.2, 0) is 16.0 Å². The summed E-state index contributed by atoms with van der Waals surface area (Å²) in [6.45, 7) is 1.54. The molecule has 0 aromatic heterocycles. The lowest BCUT2D eigenvalue weighted by Crippen LogP contribution is -2.46. The minimum atomic E-state index is -0.322. The average Bonchev–Trinajstić information content (AvgIpc) is 2.38. The molecule has 0 aliphatic carbocycles. The Labute approximate surface area is 114 Å². The third kappa shape index (κ3) is 3.09. The zero-order valence-electron chi connectivity index (χ0n) is 9.94. The van der Waals surface area contributed by atoms with Crippen LogP contribution in [0, 0.1) is 5.82 Å². The second-order valence-corrected chi connectivity index (χ2v) is 5.02. The number of hydrogen-bond acceptors (Lipinski definition) is 3. The van der Waals surface area contributed by atoms with Crippen LogP contribution in [0.5, 0.6) is 0 Å². The highest BCUT2D eigenvalue weighted by atomic mass is 79.9. The van der Waals surface area contributed by atoms with Gasteiger partial charge in [0.15, 0.2) is 0 Å². The van der Waals surface area contributed by atoms with Gasteiger partial charge in [0.05, 0.1) is 13.2 Å². The molecule has 0 spiro atoms. The number of carbonyl (C=O) groups excluding carboxylic acids is 1. The molecule has 1 fully saturated rings. The Balaban J connectivity index is 2.27. The molecule has 0 N–H and O–H groups in total. The van der Waals surface area contributed by atoms with Crippen molar-refractivity contribution in [1.29, 1.82) is 0 Å². The van der Waals surface area contributed by atoms with Gasteiger partial charge in [0.25, 0.3) is 0 Å². The van der Waals surface area contributed by atoms with Gasteiger partial charge in [-0.2, -0.15) is 0 Å². The number of carbonyl (C=O) groups is 1. The summed E-state index contributed by atoms with van der Waals surface area (Å²) in [6, 6.07) is 4.62. The standard InChI is InChI=1S/C13H15BrFNO2/c14-2-1-10-5-11(15)7-12(6-10)16-3-4-18-9-13(16)8-17/h5-8,13H,1-4,9H2.